The van der Waals surface area contributed by atoms with Gasteiger partial charge in [-0.15, -0.1) is 11.3 Å². The summed E-state index contributed by atoms with van der Waals surface area (Å²) in [6, 6.07) is 12.3. The number of aryl methyl sites for hydroxylation is 1. The summed E-state index contributed by atoms with van der Waals surface area (Å²) in [5.41, 5.74) is 4.29. The van der Waals surface area contributed by atoms with Gasteiger partial charge in [-0.3, -0.25) is 9.52 Å². The number of hydrogen-bond acceptors (Lipinski definition) is 7. The first-order valence-corrected chi connectivity index (χ1v) is 18.8. The van der Waals surface area contributed by atoms with Crippen LogP contribution in [0.4, 0.5) is 5.69 Å². The largest absolute Gasteiger partial charge is 0.334 e. The van der Waals surface area contributed by atoms with Gasteiger partial charge in [0.15, 0.2) is 5.78 Å². The maximum absolute atomic E-state index is 13.9. The average molecular weight is 648 g/mol. The number of carbonyl (C=O) groups is 1. The van der Waals surface area contributed by atoms with Crippen molar-refractivity contribution in [2.75, 3.05) is 30.6 Å². The number of nitrogens with one attached hydrogen (secondary N) is 1. The van der Waals surface area contributed by atoms with Gasteiger partial charge in [0.1, 0.15) is 4.83 Å². The van der Waals surface area contributed by atoms with Gasteiger partial charge in [0, 0.05) is 54.7 Å². The summed E-state index contributed by atoms with van der Waals surface area (Å²) in [5.74, 6) is 0.715. The molecule has 0 saturated carbocycles. The summed E-state index contributed by atoms with van der Waals surface area (Å²) < 4.78 is 28.7. The van der Waals surface area contributed by atoms with E-state index < -0.39 is 10.0 Å². The van der Waals surface area contributed by atoms with Crippen molar-refractivity contribution in [3.8, 4) is 0 Å². The molecule has 4 aromatic rings. The topological polar surface area (TPSA) is 97.2 Å². The lowest BCUT2D eigenvalue weighted by Crippen LogP contribution is -2.35. The molecule has 1 fully saturated rings. The van der Waals surface area contributed by atoms with E-state index in [0.29, 0.717) is 24.1 Å². The molecule has 8 nitrogen and oxygen atoms in total. The number of likely N-dealkylation sites (tertiary alicyclic amines) is 1. The summed E-state index contributed by atoms with van der Waals surface area (Å²) in [4.78, 5) is 27.3. The minimum atomic E-state index is -3.41. The van der Waals surface area contributed by atoms with E-state index in [4.69, 9.17) is 4.98 Å². The summed E-state index contributed by atoms with van der Waals surface area (Å²) in [6.45, 7) is 9.85. The second-order valence-electron chi connectivity index (χ2n) is 14.1. The lowest BCUT2D eigenvalue weighted by molar-refractivity contribution is 0.0972. The molecule has 0 spiro atoms. The van der Waals surface area contributed by atoms with Crippen molar-refractivity contribution in [3.05, 3.63) is 76.8 Å². The van der Waals surface area contributed by atoms with Crippen LogP contribution >= 0.6 is 11.3 Å². The van der Waals surface area contributed by atoms with Crippen LogP contribution in [0.2, 0.25) is 0 Å². The number of pyridine rings is 1. The van der Waals surface area contributed by atoms with Gasteiger partial charge in [-0.25, -0.2) is 18.4 Å². The number of nitrogens with zero attached hydrogens (tertiary/aromatic N) is 4. The summed E-state index contributed by atoms with van der Waals surface area (Å²) >= 11 is 1.51. The Balaban J connectivity index is 1.19. The summed E-state index contributed by atoms with van der Waals surface area (Å²) in [5, 5.41) is 1.06. The van der Waals surface area contributed by atoms with Crippen molar-refractivity contribution in [3.63, 3.8) is 0 Å². The predicted octanol–water partition coefficient (Wildman–Crippen LogP) is 7.10. The third-order valence-electron chi connectivity index (χ3n) is 9.76. The molecule has 1 aliphatic carbocycles. The standard InChI is InChI=1S/C35H45N5O3S2/c1-35(2,3)28-8-9-31-26(19-28)18-27-22-33(44-34(27)37-31)32(41)21-25(24-6-5-7-29(20-24)38-45(4,42)43)10-14-39-15-11-30(12-16-39)40-17-13-36-23-40/h5-7,13,17-18,20,22-23,25,28,30,38H,8-12,14-16,19,21H2,1-4H3/t25-,28-/m0/s1. The Hall–Kier alpha value is -3.08. The lowest BCUT2D eigenvalue weighted by atomic mass is 9.71. The SMILES string of the molecule is CC(C)(C)[C@H]1CCc2nc3sc(C(=O)C[C@H](CCN4CCC(n5ccnc5)CC4)c4cccc(NS(C)(=O)=O)c4)cc3cc2C1. The van der Waals surface area contributed by atoms with Gasteiger partial charge < -0.3 is 9.47 Å². The van der Waals surface area contributed by atoms with E-state index in [9.17, 15) is 13.2 Å². The van der Waals surface area contributed by atoms with Crippen molar-refractivity contribution in [1.29, 1.82) is 0 Å². The van der Waals surface area contributed by atoms with Crippen LogP contribution in [0.1, 0.15) is 91.3 Å². The van der Waals surface area contributed by atoms with E-state index in [2.05, 4.69) is 46.0 Å². The average Bonchev–Trinajstić information content (AvgIpc) is 3.67. The zero-order valence-corrected chi connectivity index (χ0v) is 28.5. The highest BCUT2D eigenvalue weighted by atomic mass is 32.2. The van der Waals surface area contributed by atoms with Crippen LogP contribution in [0.5, 0.6) is 0 Å². The number of ketones is 1. The third kappa shape index (κ3) is 7.84. The smallest absolute Gasteiger partial charge is 0.229 e. The number of aromatic nitrogens is 3. The lowest BCUT2D eigenvalue weighted by Gasteiger charge is -2.34. The molecule has 0 unspecified atom stereocenters. The monoisotopic (exact) mass is 647 g/mol. The van der Waals surface area contributed by atoms with E-state index in [1.54, 1.807) is 6.07 Å². The maximum Gasteiger partial charge on any atom is 0.229 e. The first-order valence-electron chi connectivity index (χ1n) is 16.1. The highest BCUT2D eigenvalue weighted by Gasteiger charge is 2.30. The van der Waals surface area contributed by atoms with E-state index in [0.717, 1.165) is 85.1 Å². The summed E-state index contributed by atoms with van der Waals surface area (Å²) in [6.07, 6.45) is 13.5. The molecule has 1 N–H and O–H groups in total. The highest BCUT2D eigenvalue weighted by Crippen LogP contribution is 2.39. The molecular formula is C35H45N5O3S2. The minimum absolute atomic E-state index is 0.0379. The van der Waals surface area contributed by atoms with Gasteiger partial charge in [0.25, 0.3) is 0 Å². The molecule has 6 rings (SSSR count). The number of benzene rings is 1. The molecule has 240 valence electrons. The Labute approximate surface area is 271 Å². The number of piperidine rings is 1. The fraction of sp³-hybridized carbons (Fsp3) is 0.514. The normalized spacial score (nSPS) is 19.0. The van der Waals surface area contributed by atoms with E-state index >= 15 is 0 Å². The number of carbonyl (C=O) groups excluding carboxylic acids is 1. The number of fused-ring (bicyclic) bond motifs is 2. The minimum Gasteiger partial charge on any atom is -0.334 e. The van der Waals surface area contributed by atoms with E-state index in [-0.39, 0.29) is 17.1 Å². The van der Waals surface area contributed by atoms with Crippen molar-refractivity contribution >= 4 is 43.0 Å². The van der Waals surface area contributed by atoms with E-state index in [1.165, 1.54) is 22.6 Å². The number of thiophene rings is 1. The zero-order valence-electron chi connectivity index (χ0n) is 26.8. The zero-order chi connectivity index (χ0) is 31.8. The van der Waals surface area contributed by atoms with Crippen LogP contribution in [-0.2, 0) is 22.9 Å². The maximum atomic E-state index is 13.9. The Kier molecular flexibility index (Phi) is 9.19. The molecule has 0 amide bonds. The Morgan fingerprint density at radius 3 is 2.64 bits per heavy atom. The molecular weight excluding hydrogens is 603 g/mol. The highest BCUT2D eigenvalue weighted by molar-refractivity contribution is 7.92. The van der Waals surface area contributed by atoms with Gasteiger partial charge in [-0.2, -0.15) is 0 Å². The van der Waals surface area contributed by atoms with Crippen molar-refractivity contribution in [2.45, 2.75) is 77.7 Å². The van der Waals surface area contributed by atoms with Crippen LogP contribution in [0.25, 0.3) is 10.2 Å². The van der Waals surface area contributed by atoms with Crippen molar-refractivity contribution in [2.24, 2.45) is 11.3 Å². The molecule has 3 aromatic heterocycles. The van der Waals surface area contributed by atoms with Crippen LogP contribution in [0.15, 0.2) is 55.1 Å². The van der Waals surface area contributed by atoms with Crippen molar-refractivity contribution in [1.82, 2.24) is 19.4 Å². The number of imidazole rings is 1. The van der Waals surface area contributed by atoms with Gasteiger partial charge in [-0.1, -0.05) is 32.9 Å². The molecule has 1 aromatic carbocycles. The molecule has 10 heteroatoms. The molecule has 0 bridgehead atoms. The Bertz CT molecular complexity index is 1750. The number of anilines is 1. The number of rotatable bonds is 10. The Morgan fingerprint density at radius 2 is 1.93 bits per heavy atom. The number of Topliss-reactive ketones (excluding diaryl/α,β-unsaturated/α-hetero) is 1. The van der Waals surface area contributed by atoms with Gasteiger partial charge in [-0.05, 0) is 97.7 Å². The fourth-order valence-electron chi connectivity index (χ4n) is 7.05. The van der Waals surface area contributed by atoms with Crippen LogP contribution in [-0.4, -0.2) is 59.5 Å². The molecule has 0 radical (unpaired) electrons. The second kappa shape index (κ2) is 13.0. The fourth-order valence-corrected chi connectivity index (χ4v) is 8.58. The van der Waals surface area contributed by atoms with Gasteiger partial charge in [0.05, 0.1) is 17.5 Å². The van der Waals surface area contributed by atoms with Crippen LogP contribution in [0.3, 0.4) is 0 Å². The first-order chi connectivity index (χ1) is 21.4. The molecule has 45 heavy (non-hydrogen) atoms. The quantitative estimate of drug-likeness (QED) is 0.185. The number of sulfonamides is 1. The van der Waals surface area contributed by atoms with E-state index in [1.807, 2.05) is 43.0 Å². The molecule has 4 heterocycles. The van der Waals surface area contributed by atoms with Crippen molar-refractivity contribution < 1.29 is 13.2 Å². The van der Waals surface area contributed by atoms with Gasteiger partial charge >= 0.3 is 0 Å². The molecule has 2 aliphatic rings. The first kappa shape index (κ1) is 31.9. The third-order valence-corrected chi connectivity index (χ3v) is 11.5. The summed E-state index contributed by atoms with van der Waals surface area (Å²) in [7, 11) is -3.41. The molecule has 2 atom stereocenters. The van der Waals surface area contributed by atoms with Crippen LogP contribution in [0, 0.1) is 11.3 Å². The van der Waals surface area contributed by atoms with Gasteiger partial charge in [0.2, 0.25) is 10.0 Å². The number of hydrogen-bond donors (Lipinski definition) is 1. The molecule has 1 aliphatic heterocycles. The Morgan fingerprint density at radius 1 is 1.13 bits per heavy atom. The second-order valence-corrected chi connectivity index (χ2v) is 16.9. The molecule has 1 saturated heterocycles. The van der Waals surface area contributed by atoms with Crippen LogP contribution < -0.4 is 4.72 Å². The predicted molar refractivity (Wildman–Crippen MR) is 183 cm³/mol.